The molecule has 0 saturated carbocycles. The van der Waals surface area contributed by atoms with Gasteiger partial charge in [0.2, 0.25) is 17.0 Å². The first-order chi connectivity index (χ1) is 11.3. The van der Waals surface area contributed by atoms with Crippen LogP contribution >= 0.6 is 0 Å². The summed E-state index contributed by atoms with van der Waals surface area (Å²) in [7, 11) is 0. The normalized spacial score (nSPS) is 10.2. The lowest BCUT2D eigenvalue weighted by molar-refractivity contribution is -0.384. The fraction of sp³-hybridized carbons (Fsp3) is 0.133. The Hall–Kier alpha value is -3.49. The second-order valence-electron chi connectivity index (χ2n) is 4.87. The van der Waals surface area contributed by atoms with Gasteiger partial charge in [-0.15, -0.1) is 0 Å². The molecule has 1 aromatic carbocycles. The molecule has 124 valence electrons. The Kier molecular flexibility index (Phi) is 4.73. The number of aryl methyl sites for hydroxylation is 1. The van der Waals surface area contributed by atoms with Crippen LogP contribution in [-0.4, -0.2) is 21.7 Å². The second kappa shape index (κ2) is 6.73. The number of hydrogen-bond acceptors (Lipinski definition) is 7. The van der Waals surface area contributed by atoms with E-state index in [0.717, 1.165) is 18.4 Å². The first-order valence-corrected chi connectivity index (χ1v) is 6.68. The van der Waals surface area contributed by atoms with Gasteiger partial charge in [-0.1, -0.05) is 6.07 Å². The van der Waals surface area contributed by atoms with Crippen LogP contribution in [0.1, 0.15) is 11.3 Å². The van der Waals surface area contributed by atoms with Crippen LogP contribution in [0.15, 0.2) is 39.7 Å². The number of aromatic hydroxyl groups is 1. The largest absolute Gasteiger partial charge is 0.502 e. The maximum absolute atomic E-state index is 11.9. The molecule has 9 heteroatoms. The third kappa shape index (κ3) is 3.64. The van der Waals surface area contributed by atoms with Crippen molar-refractivity contribution in [3.63, 3.8) is 0 Å². The van der Waals surface area contributed by atoms with E-state index in [9.17, 15) is 29.6 Å². The zero-order valence-corrected chi connectivity index (χ0v) is 12.4. The highest BCUT2D eigenvalue weighted by molar-refractivity contribution is 6.41. The number of nitrogens with one attached hydrogen (secondary N) is 1. The van der Waals surface area contributed by atoms with Gasteiger partial charge in [0.1, 0.15) is 0 Å². The number of benzene rings is 1. The molecule has 1 heterocycles. The predicted molar refractivity (Wildman–Crippen MR) is 81.8 cm³/mol. The van der Waals surface area contributed by atoms with Gasteiger partial charge in [-0.2, -0.15) is 0 Å². The molecule has 9 nitrogen and oxygen atoms in total. The molecule has 1 amide bonds. The number of Topliss-reactive ketones (excluding diaryl/α,β-unsaturated/α-hetero) is 1. The summed E-state index contributed by atoms with van der Waals surface area (Å²) in [5.41, 5.74) is -0.342. The summed E-state index contributed by atoms with van der Waals surface area (Å²) in [6.07, 6.45) is 0.370. The van der Waals surface area contributed by atoms with Gasteiger partial charge in [0, 0.05) is 18.2 Å². The Balaban J connectivity index is 2.16. The van der Waals surface area contributed by atoms with Crippen molar-refractivity contribution >= 4 is 23.1 Å². The molecule has 2 aromatic rings. The Labute approximate surface area is 134 Å². The summed E-state index contributed by atoms with van der Waals surface area (Å²) in [5.74, 6) is -3.11. The van der Waals surface area contributed by atoms with Crippen molar-refractivity contribution in [1.82, 2.24) is 0 Å². The summed E-state index contributed by atoms with van der Waals surface area (Å²) < 4.78 is 4.84. The number of carbonyl (C=O) groups is 2. The average Bonchev–Trinajstić information content (AvgIpc) is 2.53. The van der Waals surface area contributed by atoms with Crippen molar-refractivity contribution in [2.45, 2.75) is 13.3 Å². The summed E-state index contributed by atoms with van der Waals surface area (Å²) >= 11 is 0. The van der Waals surface area contributed by atoms with Crippen molar-refractivity contribution in [3.8, 4) is 5.75 Å². The fourth-order valence-corrected chi connectivity index (χ4v) is 1.85. The van der Waals surface area contributed by atoms with Gasteiger partial charge >= 0.3 is 0 Å². The van der Waals surface area contributed by atoms with Crippen LogP contribution in [-0.2, 0) is 16.0 Å². The highest BCUT2D eigenvalue weighted by atomic mass is 16.6. The summed E-state index contributed by atoms with van der Waals surface area (Å²) in [6, 6.07) is 4.79. The molecule has 2 rings (SSSR count). The molecule has 2 N–H and O–H groups in total. The molecule has 0 spiro atoms. The van der Waals surface area contributed by atoms with E-state index in [1.165, 1.54) is 12.1 Å². The molecule has 0 aliphatic heterocycles. The van der Waals surface area contributed by atoms with Crippen molar-refractivity contribution in [2.24, 2.45) is 0 Å². The number of hydrogen-bond donors (Lipinski definition) is 2. The molecule has 0 unspecified atom stereocenters. The van der Waals surface area contributed by atoms with E-state index in [1.807, 2.05) is 0 Å². The van der Waals surface area contributed by atoms with Gasteiger partial charge < -0.3 is 14.8 Å². The Morgan fingerprint density at radius 1 is 1.33 bits per heavy atom. The van der Waals surface area contributed by atoms with E-state index in [2.05, 4.69) is 5.32 Å². The van der Waals surface area contributed by atoms with Crippen molar-refractivity contribution < 1.29 is 24.0 Å². The lowest BCUT2D eigenvalue weighted by Crippen LogP contribution is -2.25. The molecule has 1 aromatic heterocycles. The van der Waals surface area contributed by atoms with Crippen LogP contribution in [0.2, 0.25) is 0 Å². The Bertz CT molecular complexity index is 886. The first kappa shape index (κ1) is 16.9. The number of nitro benzene ring substituents is 1. The third-order valence-corrected chi connectivity index (χ3v) is 3.18. The average molecular weight is 332 g/mol. The molecule has 0 saturated heterocycles. The van der Waals surface area contributed by atoms with E-state index < -0.39 is 34.2 Å². The topological polar surface area (TPSA) is 140 Å². The van der Waals surface area contributed by atoms with Crippen LogP contribution in [0.4, 0.5) is 11.4 Å². The highest BCUT2D eigenvalue weighted by Crippen LogP contribution is 2.22. The minimum absolute atomic E-state index is 0.112. The third-order valence-electron chi connectivity index (χ3n) is 3.18. The second-order valence-corrected chi connectivity index (χ2v) is 4.87. The molecule has 0 fully saturated rings. The number of non-ortho nitro benzene ring substituents is 1. The van der Waals surface area contributed by atoms with Crippen LogP contribution in [0, 0.1) is 17.0 Å². The summed E-state index contributed by atoms with van der Waals surface area (Å²) in [5, 5.41) is 22.5. The maximum atomic E-state index is 11.9. The van der Waals surface area contributed by atoms with Crippen molar-refractivity contribution in [2.75, 3.05) is 5.32 Å². The van der Waals surface area contributed by atoms with E-state index in [-0.39, 0.29) is 17.1 Å². The van der Waals surface area contributed by atoms with Gasteiger partial charge in [-0.05, 0) is 12.5 Å². The number of ketones is 1. The standard InChI is InChI=1S/C15H12N2O7/c1-8-2-3-9(17(22)23)6-10(8)16-15(21)12(19)7-13-14(20)11(18)4-5-24-13/h2-6,20H,7H2,1H3,(H,16,21). The lowest BCUT2D eigenvalue weighted by Gasteiger charge is -2.07. The van der Waals surface area contributed by atoms with E-state index in [4.69, 9.17) is 4.42 Å². The van der Waals surface area contributed by atoms with E-state index in [0.29, 0.717) is 5.56 Å². The van der Waals surface area contributed by atoms with Crippen LogP contribution < -0.4 is 10.7 Å². The van der Waals surface area contributed by atoms with Crippen LogP contribution in [0.25, 0.3) is 0 Å². The zero-order chi connectivity index (χ0) is 17.9. The van der Waals surface area contributed by atoms with Gasteiger partial charge in [0.25, 0.3) is 11.6 Å². The number of carbonyl (C=O) groups excluding carboxylic acids is 2. The van der Waals surface area contributed by atoms with Gasteiger partial charge in [-0.25, -0.2) is 0 Å². The fourth-order valence-electron chi connectivity index (χ4n) is 1.85. The SMILES string of the molecule is Cc1ccc([N+](=O)[O-])cc1NC(=O)C(=O)Cc1occc(=O)c1O. The summed E-state index contributed by atoms with van der Waals surface area (Å²) in [6.45, 7) is 1.60. The molecule has 0 radical (unpaired) electrons. The number of amides is 1. The highest BCUT2D eigenvalue weighted by Gasteiger charge is 2.20. The van der Waals surface area contributed by atoms with Crippen molar-refractivity contribution in [1.29, 1.82) is 0 Å². The first-order valence-electron chi connectivity index (χ1n) is 6.68. The van der Waals surface area contributed by atoms with E-state index >= 15 is 0 Å². The molecule has 0 aliphatic carbocycles. The molecule has 0 atom stereocenters. The molecule has 24 heavy (non-hydrogen) atoms. The van der Waals surface area contributed by atoms with Gasteiger partial charge in [0.05, 0.1) is 23.3 Å². The predicted octanol–water partition coefficient (Wildman–Crippen LogP) is 1.31. The minimum Gasteiger partial charge on any atom is -0.502 e. The number of rotatable bonds is 5. The minimum atomic E-state index is -1.05. The number of nitro groups is 1. The number of nitrogens with zero attached hydrogens (tertiary/aromatic N) is 1. The summed E-state index contributed by atoms with van der Waals surface area (Å²) in [4.78, 5) is 45.2. The van der Waals surface area contributed by atoms with Crippen LogP contribution in [0.3, 0.4) is 0 Å². The number of anilines is 1. The Morgan fingerprint density at radius 3 is 2.71 bits per heavy atom. The molecular formula is C15H12N2O7. The lowest BCUT2D eigenvalue weighted by atomic mass is 10.1. The van der Waals surface area contributed by atoms with Gasteiger partial charge in [-0.3, -0.25) is 24.5 Å². The van der Waals surface area contributed by atoms with Crippen molar-refractivity contribution in [3.05, 3.63) is 62.2 Å². The smallest absolute Gasteiger partial charge is 0.292 e. The molecule has 0 aliphatic rings. The van der Waals surface area contributed by atoms with E-state index in [1.54, 1.807) is 6.92 Å². The van der Waals surface area contributed by atoms with Crippen LogP contribution in [0.5, 0.6) is 5.75 Å². The molecular weight excluding hydrogens is 320 g/mol. The maximum Gasteiger partial charge on any atom is 0.292 e. The zero-order valence-electron chi connectivity index (χ0n) is 12.4. The molecule has 0 bridgehead atoms. The quantitative estimate of drug-likeness (QED) is 0.478. The Morgan fingerprint density at radius 2 is 2.04 bits per heavy atom. The monoisotopic (exact) mass is 332 g/mol. The van der Waals surface area contributed by atoms with Gasteiger partial charge in [0.15, 0.2) is 5.76 Å².